The van der Waals surface area contributed by atoms with Gasteiger partial charge in [0, 0.05) is 0 Å². The van der Waals surface area contributed by atoms with Crippen LogP contribution in [0.5, 0.6) is 0 Å². The van der Waals surface area contributed by atoms with Crippen LogP contribution in [0.1, 0.15) is 12.8 Å². The van der Waals surface area contributed by atoms with Crippen molar-refractivity contribution in [3.63, 3.8) is 0 Å². The van der Waals surface area contributed by atoms with Gasteiger partial charge in [0.2, 0.25) is 0 Å². The number of carbonyl (C=O) groups excluding carboxylic acids is 1. The molecule has 3 atom stereocenters. The number of halogens is 4. The average Bonchev–Trinajstić information content (AvgIpc) is 2.85. The van der Waals surface area contributed by atoms with Crippen molar-refractivity contribution in [3.05, 3.63) is 12.2 Å². The number of ether oxygens (including phenoxy) is 2. The molecule has 18 heavy (non-hydrogen) atoms. The van der Waals surface area contributed by atoms with Gasteiger partial charge in [0.25, 0.3) is 0 Å². The van der Waals surface area contributed by atoms with Gasteiger partial charge in [0.1, 0.15) is 0 Å². The number of esters is 1. The molecule has 0 saturated heterocycles. The van der Waals surface area contributed by atoms with Gasteiger partial charge in [-0.3, -0.25) is 0 Å². The second kappa shape index (κ2) is 4.87. The Morgan fingerprint density at radius 3 is 2.56 bits per heavy atom. The van der Waals surface area contributed by atoms with Gasteiger partial charge in [-0.15, -0.1) is 0 Å². The lowest BCUT2D eigenvalue weighted by molar-refractivity contribution is -0.312. The number of carbonyl (C=O) groups is 1. The van der Waals surface area contributed by atoms with E-state index in [9.17, 15) is 22.4 Å². The highest BCUT2D eigenvalue weighted by atomic mass is 19.3. The van der Waals surface area contributed by atoms with Crippen LogP contribution >= 0.6 is 0 Å². The molecule has 0 aromatic rings. The predicted molar refractivity (Wildman–Crippen MR) is 51.8 cm³/mol. The summed E-state index contributed by atoms with van der Waals surface area (Å²) in [6.45, 7) is -3.91. The number of alkyl halides is 4. The molecule has 3 nitrogen and oxygen atoms in total. The van der Waals surface area contributed by atoms with Crippen LogP contribution in [0, 0.1) is 17.8 Å². The molecule has 7 heteroatoms. The van der Waals surface area contributed by atoms with E-state index in [1.54, 1.807) is 0 Å². The first-order valence-electron chi connectivity index (χ1n) is 5.58. The van der Waals surface area contributed by atoms with Crippen molar-refractivity contribution in [3.8, 4) is 0 Å². The maximum atomic E-state index is 12.7. The van der Waals surface area contributed by atoms with Gasteiger partial charge in [-0.2, -0.15) is 17.6 Å². The lowest BCUT2D eigenvalue weighted by atomic mass is 9.95. The molecule has 2 bridgehead atoms. The molecule has 2 rings (SSSR count). The third-order valence-electron chi connectivity index (χ3n) is 3.32. The highest BCUT2D eigenvalue weighted by Crippen LogP contribution is 2.43. The van der Waals surface area contributed by atoms with Crippen molar-refractivity contribution in [1.29, 1.82) is 0 Å². The van der Waals surface area contributed by atoms with E-state index in [1.807, 2.05) is 6.08 Å². The van der Waals surface area contributed by atoms with Crippen LogP contribution in [-0.2, 0) is 14.3 Å². The largest absolute Gasteiger partial charge is 0.460 e. The van der Waals surface area contributed by atoms with Crippen LogP contribution < -0.4 is 0 Å². The van der Waals surface area contributed by atoms with E-state index in [0.29, 0.717) is 5.92 Å². The lowest BCUT2D eigenvalue weighted by Gasteiger charge is -2.20. The summed E-state index contributed by atoms with van der Waals surface area (Å²) in [6.07, 6.45) is 1.14. The number of hydrogen-bond acceptors (Lipinski definition) is 3. The summed E-state index contributed by atoms with van der Waals surface area (Å²) in [5.41, 5.74) is 0. The molecule has 0 spiro atoms. The maximum Gasteiger partial charge on any atom is 0.460 e. The minimum atomic E-state index is -4.60. The van der Waals surface area contributed by atoms with Crippen LogP contribution in [0.15, 0.2) is 12.2 Å². The summed E-state index contributed by atoms with van der Waals surface area (Å²) < 4.78 is 56.0. The minimum absolute atomic E-state index is 0.00806. The van der Waals surface area contributed by atoms with E-state index in [-0.39, 0.29) is 18.4 Å². The second-order valence-electron chi connectivity index (χ2n) is 4.53. The van der Waals surface area contributed by atoms with E-state index in [1.165, 1.54) is 0 Å². The Morgan fingerprint density at radius 2 is 2.06 bits per heavy atom. The third-order valence-corrected chi connectivity index (χ3v) is 3.32. The molecule has 1 fully saturated rings. The van der Waals surface area contributed by atoms with Crippen molar-refractivity contribution < 1.29 is 31.8 Å². The zero-order valence-corrected chi connectivity index (χ0v) is 9.32. The highest BCUT2D eigenvalue weighted by molar-refractivity contribution is 5.75. The molecular formula is C11H12F4O3. The SMILES string of the molecule is O=C(OCC1CC2C=CC1C2)C(F)(F)OC(F)F. The zero-order chi connectivity index (χ0) is 13.3. The van der Waals surface area contributed by atoms with Crippen LogP contribution in [0.25, 0.3) is 0 Å². The Labute approximate surface area is 101 Å². The maximum absolute atomic E-state index is 12.7. The molecule has 0 aromatic carbocycles. The Kier molecular flexibility index (Phi) is 3.61. The van der Waals surface area contributed by atoms with Crippen molar-refractivity contribution in [1.82, 2.24) is 0 Å². The topological polar surface area (TPSA) is 35.5 Å². The monoisotopic (exact) mass is 268 g/mol. The summed E-state index contributed by atoms with van der Waals surface area (Å²) in [7, 11) is 0. The fourth-order valence-corrected chi connectivity index (χ4v) is 2.51. The molecule has 0 radical (unpaired) electrons. The van der Waals surface area contributed by atoms with E-state index in [2.05, 4.69) is 15.5 Å². The fraction of sp³-hybridized carbons (Fsp3) is 0.727. The summed E-state index contributed by atoms with van der Waals surface area (Å²) >= 11 is 0. The molecular weight excluding hydrogens is 256 g/mol. The highest BCUT2D eigenvalue weighted by Gasteiger charge is 2.46. The number of allylic oxidation sites excluding steroid dienone is 2. The van der Waals surface area contributed by atoms with E-state index < -0.39 is 18.7 Å². The molecule has 2 aliphatic rings. The zero-order valence-electron chi connectivity index (χ0n) is 9.32. The summed E-state index contributed by atoms with van der Waals surface area (Å²) in [4.78, 5) is 10.9. The minimum Gasteiger partial charge on any atom is -0.459 e. The summed E-state index contributed by atoms with van der Waals surface area (Å²) in [5, 5.41) is 0. The first-order chi connectivity index (χ1) is 8.38. The van der Waals surface area contributed by atoms with Crippen molar-refractivity contribution in [2.45, 2.75) is 25.6 Å². The Balaban J connectivity index is 1.79. The molecule has 2 aliphatic carbocycles. The molecule has 102 valence electrons. The molecule has 3 unspecified atom stereocenters. The number of fused-ring (bicyclic) bond motifs is 2. The molecule has 0 heterocycles. The first-order valence-corrected chi connectivity index (χ1v) is 5.58. The standard InChI is InChI=1S/C11H12F4O3/c12-10(13)18-11(14,15)9(16)17-5-8-4-6-1-2-7(8)3-6/h1-2,6-8,10H,3-5H2. The van der Waals surface area contributed by atoms with Gasteiger partial charge in [-0.05, 0) is 30.6 Å². The summed E-state index contributed by atoms with van der Waals surface area (Å²) in [5.74, 6) is -1.43. The predicted octanol–water partition coefficient (Wildman–Crippen LogP) is 2.57. The Hall–Kier alpha value is -1.11. The van der Waals surface area contributed by atoms with Gasteiger partial charge in [0.05, 0.1) is 6.61 Å². The van der Waals surface area contributed by atoms with Gasteiger partial charge in [-0.25, -0.2) is 9.53 Å². The smallest absolute Gasteiger partial charge is 0.459 e. The van der Waals surface area contributed by atoms with E-state index >= 15 is 0 Å². The fourth-order valence-electron chi connectivity index (χ4n) is 2.51. The van der Waals surface area contributed by atoms with Crippen molar-refractivity contribution >= 4 is 5.97 Å². The van der Waals surface area contributed by atoms with E-state index in [4.69, 9.17) is 0 Å². The van der Waals surface area contributed by atoms with Gasteiger partial charge < -0.3 is 4.74 Å². The first kappa shape index (κ1) is 13.3. The quantitative estimate of drug-likeness (QED) is 0.437. The van der Waals surface area contributed by atoms with Crippen molar-refractivity contribution in [2.24, 2.45) is 17.8 Å². The van der Waals surface area contributed by atoms with Gasteiger partial charge >= 0.3 is 18.7 Å². The number of hydrogen-bond donors (Lipinski definition) is 0. The van der Waals surface area contributed by atoms with Gasteiger partial charge in [-0.1, -0.05) is 12.2 Å². The Morgan fingerprint density at radius 1 is 1.33 bits per heavy atom. The van der Waals surface area contributed by atoms with Gasteiger partial charge in [0.15, 0.2) is 0 Å². The average molecular weight is 268 g/mol. The molecule has 0 N–H and O–H groups in total. The van der Waals surface area contributed by atoms with Crippen LogP contribution in [-0.4, -0.2) is 25.3 Å². The van der Waals surface area contributed by atoms with Crippen LogP contribution in [0.3, 0.4) is 0 Å². The number of rotatable bonds is 5. The molecule has 0 amide bonds. The normalized spacial score (nSPS) is 30.2. The third kappa shape index (κ3) is 2.82. The lowest BCUT2D eigenvalue weighted by Crippen LogP contribution is -2.36. The molecule has 1 saturated carbocycles. The molecule has 0 aromatic heterocycles. The molecule has 0 aliphatic heterocycles. The van der Waals surface area contributed by atoms with Crippen LogP contribution in [0.2, 0.25) is 0 Å². The van der Waals surface area contributed by atoms with Crippen molar-refractivity contribution in [2.75, 3.05) is 6.61 Å². The van der Waals surface area contributed by atoms with Crippen LogP contribution in [0.4, 0.5) is 17.6 Å². The summed E-state index contributed by atoms with van der Waals surface area (Å²) in [6, 6.07) is 0. The second-order valence-corrected chi connectivity index (χ2v) is 4.53. The Bertz CT molecular complexity index is 356. The van der Waals surface area contributed by atoms with E-state index in [0.717, 1.165) is 12.8 Å².